The molecule has 0 aromatic carbocycles. The van der Waals surface area contributed by atoms with E-state index < -0.39 is 21.0 Å². The van der Waals surface area contributed by atoms with E-state index in [2.05, 4.69) is 8.91 Å². The van der Waals surface area contributed by atoms with Gasteiger partial charge in [0.15, 0.2) is 0 Å². The molecule has 0 amide bonds. The Labute approximate surface area is 85.9 Å². The maximum atomic E-state index is 10.9. The van der Waals surface area contributed by atoms with Crippen molar-refractivity contribution < 1.29 is 21.0 Å². The lowest BCUT2D eigenvalue weighted by Gasteiger charge is -2.01. The van der Waals surface area contributed by atoms with Crippen LogP contribution in [0, 0.1) is 0 Å². The van der Waals surface area contributed by atoms with Crippen molar-refractivity contribution in [2.24, 2.45) is 0 Å². The molecule has 0 radical (unpaired) electrons. The molecule has 0 aliphatic carbocycles. The first kappa shape index (κ1) is 13.8. The van der Waals surface area contributed by atoms with Crippen molar-refractivity contribution in [1.29, 1.82) is 0 Å². The predicted molar refractivity (Wildman–Crippen MR) is 53.0 cm³/mol. The number of thiol groups is 1. The Kier molecular flexibility index (Phi) is 7.06. The molecule has 86 valence electrons. The van der Waals surface area contributed by atoms with Crippen LogP contribution in [0.2, 0.25) is 0 Å². The van der Waals surface area contributed by atoms with Gasteiger partial charge in [-0.2, -0.15) is 0 Å². The molecule has 0 atom stereocenters. The van der Waals surface area contributed by atoms with Crippen LogP contribution in [-0.4, -0.2) is 36.2 Å². The Balaban J connectivity index is 3.39. The standard InChI is InChI=1S/C6H15NO5S2/c1-7-14(10,11)6-4-2-3-5-12-13(8)9/h7,13H,2-6H2,1H3. The molecule has 8 heteroatoms. The molecule has 0 fully saturated rings. The van der Waals surface area contributed by atoms with Crippen molar-refractivity contribution in [1.82, 2.24) is 4.72 Å². The van der Waals surface area contributed by atoms with Crippen molar-refractivity contribution in [2.75, 3.05) is 19.4 Å². The fourth-order valence-corrected chi connectivity index (χ4v) is 1.88. The maximum absolute atomic E-state index is 10.9. The van der Waals surface area contributed by atoms with Crippen LogP contribution in [-0.2, 0) is 25.2 Å². The van der Waals surface area contributed by atoms with Gasteiger partial charge in [-0.25, -0.2) is 21.6 Å². The van der Waals surface area contributed by atoms with E-state index in [-0.39, 0.29) is 12.4 Å². The van der Waals surface area contributed by atoms with Gasteiger partial charge >= 0.3 is 0 Å². The third-order valence-electron chi connectivity index (χ3n) is 1.57. The number of hydrogen-bond acceptors (Lipinski definition) is 5. The van der Waals surface area contributed by atoms with E-state index in [1.807, 2.05) is 0 Å². The van der Waals surface area contributed by atoms with E-state index in [1.165, 1.54) is 7.05 Å². The number of hydrogen-bond donors (Lipinski definition) is 2. The zero-order valence-corrected chi connectivity index (χ0v) is 9.64. The second kappa shape index (κ2) is 7.16. The first-order valence-electron chi connectivity index (χ1n) is 4.16. The third kappa shape index (κ3) is 8.42. The summed E-state index contributed by atoms with van der Waals surface area (Å²) in [6, 6.07) is 0. The van der Waals surface area contributed by atoms with E-state index in [1.54, 1.807) is 0 Å². The minimum Gasteiger partial charge on any atom is -0.272 e. The summed E-state index contributed by atoms with van der Waals surface area (Å²) in [6.07, 6.45) is 1.68. The summed E-state index contributed by atoms with van der Waals surface area (Å²) in [5, 5.41) is 0. The Morgan fingerprint density at radius 3 is 2.36 bits per heavy atom. The number of unbranched alkanes of at least 4 members (excludes halogenated alkanes) is 2. The lowest BCUT2D eigenvalue weighted by Crippen LogP contribution is -2.21. The van der Waals surface area contributed by atoms with Gasteiger partial charge in [0, 0.05) is 0 Å². The molecule has 0 bridgehead atoms. The first-order chi connectivity index (χ1) is 6.48. The largest absolute Gasteiger partial charge is 0.272 e. The molecule has 0 saturated heterocycles. The molecular weight excluding hydrogens is 230 g/mol. The highest BCUT2D eigenvalue weighted by Crippen LogP contribution is 1.98. The average molecular weight is 245 g/mol. The molecule has 0 heterocycles. The van der Waals surface area contributed by atoms with Gasteiger partial charge < -0.3 is 0 Å². The van der Waals surface area contributed by atoms with Gasteiger partial charge in [-0.1, -0.05) is 6.42 Å². The third-order valence-corrected chi connectivity index (χ3v) is 3.41. The molecule has 0 saturated carbocycles. The molecule has 0 aromatic rings. The van der Waals surface area contributed by atoms with E-state index >= 15 is 0 Å². The van der Waals surface area contributed by atoms with Crippen LogP contribution in [0.4, 0.5) is 0 Å². The molecule has 0 aliphatic rings. The second-order valence-electron chi connectivity index (χ2n) is 2.64. The van der Waals surface area contributed by atoms with Gasteiger partial charge in [0.1, 0.15) is 0 Å². The van der Waals surface area contributed by atoms with Crippen LogP contribution in [0.3, 0.4) is 0 Å². The molecule has 0 aliphatic heterocycles. The summed E-state index contributed by atoms with van der Waals surface area (Å²) in [4.78, 5) is 0. The van der Waals surface area contributed by atoms with Crippen LogP contribution in [0.5, 0.6) is 0 Å². The van der Waals surface area contributed by atoms with E-state index in [0.717, 1.165) is 0 Å². The van der Waals surface area contributed by atoms with Gasteiger partial charge in [-0.15, -0.1) is 0 Å². The summed E-state index contributed by atoms with van der Waals surface area (Å²) in [7, 11) is -4.55. The van der Waals surface area contributed by atoms with Crippen LogP contribution in [0.15, 0.2) is 0 Å². The fraction of sp³-hybridized carbons (Fsp3) is 1.00. The quantitative estimate of drug-likeness (QED) is 0.434. The summed E-state index contributed by atoms with van der Waals surface area (Å²) < 4.78 is 48.2. The Bertz CT molecular complexity index is 300. The van der Waals surface area contributed by atoms with Crippen molar-refractivity contribution >= 4 is 21.0 Å². The highest BCUT2D eigenvalue weighted by molar-refractivity contribution is 7.89. The average Bonchev–Trinajstić information content (AvgIpc) is 2.10. The van der Waals surface area contributed by atoms with Gasteiger partial charge in [0.05, 0.1) is 12.4 Å². The molecule has 6 nitrogen and oxygen atoms in total. The Morgan fingerprint density at radius 2 is 1.86 bits per heavy atom. The van der Waals surface area contributed by atoms with E-state index in [4.69, 9.17) is 0 Å². The fourth-order valence-electron chi connectivity index (χ4n) is 0.812. The molecule has 0 spiro atoms. The number of sulfonamides is 1. The highest BCUT2D eigenvalue weighted by Gasteiger charge is 2.05. The summed E-state index contributed by atoms with van der Waals surface area (Å²) >= 11 is 0. The number of nitrogens with one attached hydrogen (secondary N) is 1. The van der Waals surface area contributed by atoms with E-state index in [0.29, 0.717) is 19.3 Å². The van der Waals surface area contributed by atoms with Crippen LogP contribution in [0.25, 0.3) is 0 Å². The molecule has 0 aromatic heterocycles. The molecule has 1 N–H and O–H groups in total. The molecule has 0 unspecified atom stereocenters. The summed E-state index contributed by atoms with van der Waals surface area (Å²) in [5.41, 5.74) is 0. The Morgan fingerprint density at radius 1 is 1.21 bits per heavy atom. The van der Waals surface area contributed by atoms with Crippen molar-refractivity contribution in [3.63, 3.8) is 0 Å². The SMILES string of the molecule is CNS(=O)(=O)CCCCCO[SH](=O)=O. The maximum Gasteiger partial charge on any atom is 0.257 e. The lowest BCUT2D eigenvalue weighted by molar-refractivity contribution is 0.322. The van der Waals surface area contributed by atoms with Crippen molar-refractivity contribution in [3.05, 3.63) is 0 Å². The minimum atomic E-state index is -3.13. The zero-order chi connectivity index (χ0) is 11.0. The molecular formula is C6H15NO5S2. The van der Waals surface area contributed by atoms with Crippen molar-refractivity contribution in [3.8, 4) is 0 Å². The van der Waals surface area contributed by atoms with Gasteiger partial charge in [0.25, 0.3) is 11.0 Å². The predicted octanol–water partition coefficient (Wildman–Crippen LogP) is -0.751. The monoisotopic (exact) mass is 245 g/mol. The smallest absolute Gasteiger partial charge is 0.257 e. The summed E-state index contributed by atoms with van der Waals surface area (Å²) in [6.45, 7) is 0.123. The number of rotatable bonds is 8. The van der Waals surface area contributed by atoms with Crippen LogP contribution >= 0.6 is 0 Å². The van der Waals surface area contributed by atoms with E-state index in [9.17, 15) is 16.8 Å². The van der Waals surface area contributed by atoms with Gasteiger partial charge in [-0.05, 0) is 19.9 Å². The van der Waals surface area contributed by atoms with Gasteiger partial charge in [-0.3, -0.25) is 4.18 Å². The lowest BCUT2D eigenvalue weighted by atomic mass is 10.3. The van der Waals surface area contributed by atoms with Crippen molar-refractivity contribution in [2.45, 2.75) is 19.3 Å². The normalized spacial score (nSPS) is 12.1. The zero-order valence-electron chi connectivity index (χ0n) is 7.93. The van der Waals surface area contributed by atoms with Crippen LogP contribution in [0.1, 0.15) is 19.3 Å². The van der Waals surface area contributed by atoms with Gasteiger partial charge in [0.2, 0.25) is 10.0 Å². The molecule has 14 heavy (non-hydrogen) atoms. The molecule has 0 rings (SSSR count). The van der Waals surface area contributed by atoms with Crippen LogP contribution < -0.4 is 4.72 Å². The highest BCUT2D eigenvalue weighted by atomic mass is 32.2. The second-order valence-corrected chi connectivity index (χ2v) is 5.39. The first-order valence-corrected chi connectivity index (χ1v) is 6.91. The Hall–Kier alpha value is -0.180. The summed E-state index contributed by atoms with van der Waals surface area (Å²) in [5.74, 6) is 0.0625. The topological polar surface area (TPSA) is 89.5 Å². The minimum absolute atomic E-state index is 0.0625.